The van der Waals surface area contributed by atoms with E-state index in [-0.39, 0.29) is 12.2 Å². The van der Waals surface area contributed by atoms with Gasteiger partial charge in [-0.2, -0.15) is 0 Å². The van der Waals surface area contributed by atoms with Crippen molar-refractivity contribution in [3.63, 3.8) is 0 Å². The van der Waals surface area contributed by atoms with Crippen LogP contribution in [0.5, 0.6) is 11.5 Å². The molecule has 2 aliphatic rings. The average Bonchev–Trinajstić information content (AvgIpc) is 3.20. The molecule has 5 rings (SSSR count). The smallest absolute Gasteiger partial charge is 0.415 e. The number of hydrogen-bond acceptors (Lipinski definition) is 5. The maximum atomic E-state index is 14.1. The van der Waals surface area contributed by atoms with Crippen LogP contribution in [-0.4, -0.2) is 31.7 Å². The molecule has 3 aromatic rings. The normalized spacial score (nSPS) is 21.9. The van der Waals surface area contributed by atoms with E-state index >= 15 is 0 Å². The second-order valence-electron chi connectivity index (χ2n) is 8.62. The molecular weight excluding hydrogens is 492 g/mol. The van der Waals surface area contributed by atoms with E-state index in [9.17, 15) is 13.6 Å². The van der Waals surface area contributed by atoms with Gasteiger partial charge in [-0.25, -0.2) is 13.6 Å². The van der Waals surface area contributed by atoms with Crippen molar-refractivity contribution in [1.29, 1.82) is 0 Å². The fraction of sp³-hybridized carbons (Fsp3) is 0.296. The molecule has 2 saturated heterocycles. The molecule has 3 atom stereocenters. The lowest BCUT2D eigenvalue weighted by atomic mass is 10.00. The van der Waals surface area contributed by atoms with Gasteiger partial charge in [-0.15, -0.1) is 0 Å². The maximum Gasteiger partial charge on any atom is 0.415 e. The Morgan fingerprint density at radius 2 is 1.61 bits per heavy atom. The highest BCUT2D eigenvalue weighted by Gasteiger charge is 2.44. The summed E-state index contributed by atoms with van der Waals surface area (Å²) in [5.74, 6) is -0.350. The van der Waals surface area contributed by atoms with Gasteiger partial charge in [-0.05, 0) is 85.5 Å². The summed E-state index contributed by atoms with van der Waals surface area (Å²) >= 11 is 5.92. The number of hydrogen-bond donors (Lipinski definition) is 0. The van der Waals surface area contributed by atoms with Crippen molar-refractivity contribution in [3.8, 4) is 11.5 Å². The molecule has 2 fully saturated rings. The minimum Gasteiger partial charge on any atom is -0.457 e. The average molecular weight is 516 g/mol. The lowest BCUT2D eigenvalue weighted by molar-refractivity contribution is -0.174. The van der Waals surface area contributed by atoms with E-state index in [1.807, 2.05) is 0 Å². The quantitative estimate of drug-likeness (QED) is 0.338. The second-order valence-corrected chi connectivity index (χ2v) is 9.06. The maximum absolute atomic E-state index is 14.1. The number of amides is 1. The molecule has 0 bridgehead atoms. The van der Waals surface area contributed by atoms with Crippen molar-refractivity contribution < 1.29 is 32.5 Å². The van der Waals surface area contributed by atoms with Gasteiger partial charge in [0.2, 0.25) is 0 Å². The topological polar surface area (TPSA) is 57.2 Å². The van der Waals surface area contributed by atoms with Crippen LogP contribution < -0.4 is 9.64 Å². The molecule has 36 heavy (non-hydrogen) atoms. The van der Waals surface area contributed by atoms with Gasteiger partial charge >= 0.3 is 6.09 Å². The summed E-state index contributed by atoms with van der Waals surface area (Å²) in [4.78, 5) is 14.4. The Balaban J connectivity index is 1.39. The number of carbonyl (C=O) groups is 1. The molecular formula is C27H24ClF2NO5. The third-order valence-corrected chi connectivity index (χ3v) is 6.31. The van der Waals surface area contributed by atoms with Crippen molar-refractivity contribution >= 4 is 23.4 Å². The number of rotatable bonds is 7. The molecule has 0 spiro atoms. The number of anilines is 1. The Hall–Kier alpha value is -3.20. The number of carbonyl (C=O) groups excluding carboxylic acids is 1. The van der Waals surface area contributed by atoms with Crippen molar-refractivity contribution in [2.75, 3.05) is 18.1 Å². The van der Waals surface area contributed by atoms with E-state index in [1.54, 1.807) is 48.5 Å². The van der Waals surface area contributed by atoms with Crippen molar-refractivity contribution in [3.05, 3.63) is 89.0 Å². The fourth-order valence-electron chi connectivity index (χ4n) is 4.39. The Morgan fingerprint density at radius 3 is 2.25 bits per heavy atom. The van der Waals surface area contributed by atoms with Gasteiger partial charge in [-0.3, -0.25) is 4.90 Å². The number of benzene rings is 3. The summed E-state index contributed by atoms with van der Waals surface area (Å²) in [6, 6.07) is 16.0. The van der Waals surface area contributed by atoms with Gasteiger partial charge in [0, 0.05) is 23.4 Å². The molecule has 0 aliphatic carbocycles. The van der Waals surface area contributed by atoms with Gasteiger partial charge in [0.15, 0.2) is 12.4 Å². The van der Waals surface area contributed by atoms with Crippen LogP contribution in [0.25, 0.3) is 0 Å². The molecule has 1 unspecified atom stereocenters. The molecule has 0 radical (unpaired) electrons. The molecule has 2 heterocycles. The van der Waals surface area contributed by atoms with E-state index in [1.165, 1.54) is 17.0 Å². The predicted octanol–water partition coefficient (Wildman–Crippen LogP) is 7.02. The van der Waals surface area contributed by atoms with Crippen LogP contribution in [0.15, 0.2) is 66.7 Å². The lowest BCUT2D eigenvalue weighted by Gasteiger charge is -2.27. The Bertz CT molecular complexity index is 1180. The zero-order valence-electron chi connectivity index (χ0n) is 19.2. The Labute approximate surface area is 212 Å². The first-order valence-electron chi connectivity index (χ1n) is 11.7. The molecule has 2 aliphatic heterocycles. The molecule has 3 aromatic carbocycles. The van der Waals surface area contributed by atoms with Crippen LogP contribution in [-0.2, 0) is 14.2 Å². The van der Waals surface area contributed by atoms with Crippen LogP contribution in [0.2, 0.25) is 5.02 Å². The highest BCUT2D eigenvalue weighted by atomic mass is 35.5. The molecule has 0 N–H and O–H groups in total. The van der Waals surface area contributed by atoms with Crippen LogP contribution in [0, 0.1) is 11.6 Å². The first-order chi connectivity index (χ1) is 17.5. The van der Waals surface area contributed by atoms with Gasteiger partial charge in [0.05, 0.1) is 6.61 Å². The van der Waals surface area contributed by atoms with Crippen LogP contribution >= 0.6 is 11.6 Å². The lowest BCUT2D eigenvalue weighted by Crippen LogP contribution is -2.33. The summed E-state index contributed by atoms with van der Waals surface area (Å²) in [7, 11) is 0. The summed E-state index contributed by atoms with van der Waals surface area (Å²) in [6.07, 6.45) is 0.835. The minimum absolute atomic E-state index is 0.0213. The number of nitrogens with zero attached hydrogens (tertiary/aromatic N) is 1. The van der Waals surface area contributed by atoms with Gasteiger partial charge in [-0.1, -0.05) is 11.6 Å². The molecule has 0 saturated carbocycles. The van der Waals surface area contributed by atoms with E-state index < -0.39 is 36.2 Å². The molecule has 6 nitrogen and oxygen atoms in total. The molecule has 9 heteroatoms. The fourth-order valence-corrected chi connectivity index (χ4v) is 4.52. The zero-order valence-corrected chi connectivity index (χ0v) is 20.0. The summed E-state index contributed by atoms with van der Waals surface area (Å²) < 4.78 is 51.2. The Kier molecular flexibility index (Phi) is 7.36. The third-order valence-electron chi connectivity index (χ3n) is 6.05. The van der Waals surface area contributed by atoms with E-state index in [4.69, 9.17) is 30.5 Å². The van der Waals surface area contributed by atoms with Gasteiger partial charge < -0.3 is 18.9 Å². The Morgan fingerprint density at radius 1 is 0.944 bits per heavy atom. The second kappa shape index (κ2) is 10.8. The van der Waals surface area contributed by atoms with Crippen molar-refractivity contribution in [2.45, 2.75) is 37.7 Å². The highest BCUT2D eigenvalue weighted by molar-refractivity contribution is 6.30. The standard InChI is InChI=1S/C27H24ClF2NO5/c28-18-4-8-22(9-5-18)35-23-10-6-21(7-11-23)31-26(17-13-19(29)15-20(30)14-17)24(36-27(31)32)16-34-25-3-1-2-12-33-25/h4-11,13-15,24-26H,1-3,12,16H2/t24-,25?,26-/m0/s1. The van der Waals surface area contributed by atoms with E-state index in [2.05, 4.69) is 0 Å². The monoisotopic (exact) mass is 515 g/mol. The zero-order chi connectivity index (χ0) is 25.1. The van der Waals surface area contributed by atoms with E-state index in [0.717, 1.165) is 25.3 Å². The van der Waals surface area contributed by atoms with Crippen LogP contribution in [0.3, 0.4) is 0 Å². The number of halogens is 3. The third kappa shape index (κ3) is 5.61. The predicted molar refractivity (Wildman–Crippen MR) is 129 cm³/mol. The SMILES string of the molecule is O=C1O[C@@H](COC2CCCCO2)[C@H](c2cc(F)cc(F)c2)N1c1ccc(Oc2ccc(Cl)cc2)cc1. The number of cyclic esters (lactones) is 1. The minimum atomic E-state index is -0.811. The van der Waals surface area contributed by atoms with Crippen molar-refractivity contribution in [2.24, 2.45) is 0 Å². The number of ether oxygens (including phenoxy) is 4. The summed E-state index contributed by atoms with van der Waals surface area (Å²) in [5.41, 5.74) is 0.743. The molecule has 1 amide bonds. The first-order valence-corrected chi connectivity index (χ1v) is 12.1. The van der Waals surface area contributed by atoms with Crippen LogP contribution in [0.1, 0.15) is 30.9 Å². The summed E-state index contributed by atoms with van der Waals surface area (Å²) in [6.45, 7) is 0.623. The summed E-state index contributed by atoms with van der Waals surface area (Å²) in [5, 5.41) is 0.596. The van der Waals surface area contributed by atoms with E-state index in [0.29, 0.717) is 28.8 Å². The molecule has 0 aromatic heterocycles. The largest absolute Gasteiger partial charge is 0.457 e. The molecule has 188 valence electrons. The van der Waals surface area contributed by atoms with Crippen molar-refractivity contribution in [1.82, 2.24) is 0 Å². The first kappa shape index (κ1) is 24.5. The van der Waals surface area contributed by atoms with Gasteiger partial charge in [0.1, 0.15) is 29.2 Å². The van der Waals surface area contributed by atoms with Gasteiger partial charge in [0.25, 0.3) is 0 Å². The highest BCUT2D eigenvalue weighted by Crippen LogP contribution is 2.39. The van der Waals surface area contributed by atoms with Crippen LogP contribution in [0.4, 0.5) is 19.3 Å².